The summed E-state index contributed by atoms with van der Waals surface area (Å²) in [7, 11) is 0. The Hall–Kier alpha value is -1.08. The SMILES string of the molecule is Cc1ccccc1N1CCN(C(=O)c2csc(I)c2)CC1. The van der Waals surface area contributed by atoms with E-state index in [-0.39, 0.29) is 5.91 Å². The van der Waals surface area contributed by atoms with E-state index in [0.29, 0.717) is 0 Å². The van der Waals surface area contributed by atoms with Crippen LogP contribution in [-0.4, -0.2) is 37.0 Å². The lowest BCUT2D eigenvalue weighted by Crippen LogP contribution is -2.48. The van der Waals surface area contributed by atoms with Crippen LogP contribution in [0.25, 0.3) is 0 Å². The smallest absolute Gasteiger partial charge is 0.254 e. The Balaban J connectivity index is 1.65. The molecule has 0 N–H and O–H groups in total. The minimum Gasteiger partial charge on any atom is -0.368 e. The molecule has 110 valence electrons. The van der Waals surface area contributed by atoms with Crippen LogP contribution in [-0.2, 0) is 0 Å². The molecule has 0 aliphatic carbocycles. The number of carbonyl (C=O) groups excluding carboxylic acids is 1. The van der Waals surface area contributed by atoms with Gasteiger partial charge in [-0.15, -0.1) is 11.3 Å². The van der Waals surface area contributed by atoms with E-state index in [9.17, 15) is 4.79 Å². The second-order valence-corrected chi connectivity index (χ2v) is 8.01. The lowest BCUT2D eigenvalue weighted by molar-refractivity contribution is 0.0747. The van der Waals surface area contributed by atoms with Crippen LogP contribution in [0, 0.1) is 9.81 Å². The maximum absolute atomic E-state index is 12.4. The van der Waals surface area contributed by atoms with Gasteiger partial charge in [-0.25, -0.2) is 0 Å². The van der Waals surface area contributed by atoms with E-state index in [4.69, 9.17) is 0 Å². The van der Waals surface area contributed by atoms with Crippen molar-refractivity contribution in [2.45, 2.75) is 6.92 Å². The highest BCUT2D eigenvalue weighted by atomic mass is 127. The zero-order chi connectivity index (χ0) is 14.8. The summed E-state index contributed by atoms with van der Waals surface area (Å²) in [5, 5.41) is 1.96. The Bertz CT molecular complexity index is 647. The number of hydrogen-bond donors (Lipinski definition) is 0. The largest absolute Gasteiger partial charge is 0.368 e. The molecular formula is C16H17IN2OS. The summed E-state index contributed by atoms with van der Waals surface area (Å²) in [6.45, 7) is 5.52. The molecule has 0 bridgehead atoms. The predicted octanol–water partition coefficient (Wildman–Crippen LogP) is 3.62. The molecule has 0 atom stereocenters. The predicted molar refractivity (Wildman–Crippen MR) is 96.3 cm³/mol. The van der Waals surface area contributed by atoms with Crippen molar-refractivity contribution in [2.24, 2.45) is 0 Å². The fourth-order valence-corrected chi connectivity index (χ4v) is 3.99. The van der Waals surface area contributed by atoms with Crippen LogP contribution in [0.4, 0.5) is 5.69 Å². The van der Waals surface area contributed by atoms with Gasteiger partial charge in [-0.1, -0.05) is 18.2 Å². The van der Waals surface area contributed by atoms with Gasteiger partial charge in [0.05, 0.1) is 8.45 Å². The van der Waals surface area contributed by atoms with E-state index in [1.165, 1.54) is 11.3 Å². The highest BCUT2D eigenvalue weighted by Gasteiger charge is 2.23. The molecule has 3 rings (SSSR count). The summed E-state index contributed by atoms with van der Waals surface area (Å²) in [5.41, 5.74) is 3.41. The third-order valence-corrected chi connectivity index (χ3v) is 5.63. The third kappa shape index (κ3) is 3.23. The van der Waals surface area contributed by atoms with Crippen molar-refractivity contribution in [3.8, 4) is 0 Å². The number of thiophene rings is 1. The molecule has 2 heterocycles. The molecule has 21 heavy (non-hydrogen) atoms. The van der Waals surface area contributed by atoms with Gasteiger partial charge in [0.15, 0.2) is 0 Å². The standard InChI is InChI=1S/C16H17IN2OS/c1-12-4-2-3-5-14(12)18-6-8-19(9-7-18)16(20)13-10-15(17)21-11-13/h2-5,10-11H,6-9H2,1H3. The van der Waals surface area contributed by atoms with Crippen molar-refractivity contribution in [3.05, 3.63) is 49.7 Å². The molecule has 1 aromatic carbocycles. The molecule has 1 saturated heterocycles. The molecule has 5 heteroatoms. The second kappa shape index (κ2) is 6.36. The minimum atomic E-state index is 0.165. The molecule has 1 aliphatic rings. The first-order valence-corrected chi connectivity index (χ1v) is 8.95. The molecule has 1 aliphatic heterocycles. The van der Waals surface area contributed by atoms with Crippen molar-refractivity contribution >= 4 is 45.5 Å². The molecular weight excluding hydrogens is 395 g/mol. The summed E-state index contributed by atoms with van der Waals surface area (Å²) in [6, 6.07) is 10.4. The normalized spacial score (nSPS) is 15.3. The summed E-state index contributed by atoms with van der Waals surface area (Å²) in [4.78, 5) is 16.8. The molecule has 2 aromatic rings. The summed E-state index contributed by atoms with van der Waals surface area (Å²) >= 11 is 3.88. The molecule has 1 aromatic heterocycles. The van der Waals surface area contributed by atoms with E-state index in [1.807, 2.05) is 16.3 Å². The average molecular weight is 412 g/mol. The Morgan fingerprint density at radius 1 is 1.19 bits per heavy atom. The number of piperazine rings is 1. The summed E-state index contributed by atoms with van der Waals surface area (Å²) in [6.07, 6.45) is 0. The number of hydrogen-bond acceptors (Lipinski definition) is 3. The Morgan fingerprint density at radius 3 is 2.52 bits per heavy atom. The van der Waals surface area contributed by atoms with Gasteiger partial charge in [0, 0.05) is 37.2 Å². The third-order valence-electron chi connectivity index (χ3n) is 3.84. The van der Waals surface area contributed by atoms with Gasteiger partial charge in [0.25, 0.3) is 5.91 Å². The van der Waals surface area contributed by atoms with E-state index in [1.54, 1.807) is 11.3 Å². The fraction of sp³-hybridized carbons (Fsp3) is 0.312. The van der Waals surface area contributed by atoms with Crippen molar-refractivity contribution in [2.75, 3.05) is 31.1 Å². The number of rotatable bonds is 2. The zero-order valence-corrected chi connectivity index (χ0v) is 14.9. The second-order valence-electron chi connectivity index (χ2n) is 5.21. The van der Waals surface area contributed by atoms with Crippen molar-refractivity contribution < 1.29 is 4.79 Å². The molecule has 0 saturated carbocycles. The van der Waals surface area contributed by atoms with Crippen LogP contribution in [0.2, 0.25) is 0 Å². The molecule has 0 radical (unpaired) electrons. The van der Waals surface area contributed by atoms with Gasteiger partial charge in [0.2, 0.25) is 0 Å². The van der Waals surface area contributed by atoms with Crippen LogP contribution in [0.5, 0.6) is 0 Å². The van der Waals surface area contributed by atoms with Crippen LogP contribution < -0.4 is 4.90 Å². The fourth-order valence-electron chi connectivity index (χ4n) is 2.67. The summed E-state index contributed by atoms with van der Waals surface area (Å²) in [5.74, 6) is 0.165. The lowest BCUT2D eigenvalue weighted by atomic mass is 10.1. The highest BCUT2D eigenvalue weighted by molar-refractivity contribution is 14.1. The first-order chi connectivity index (χ1) is 10.1. The average Bonchev–Trinajstić information content (AvgIpc) is 2.94. The Morgan fingerprint density at radius 2 is 1.90 bits per heavy atom. The highest BCUT2D eigenvalue weighted by Crippen LogP contribution is 2.22. The van der Waals surface area contributed by atoms with Gasteiger partial charge in [-0.05, 0) is 47.2 Å². The number of aryl methyl sites for hydroxylation is 1. The summed E-state index contributed by atoms with van der Waals surface area (Å²) < 4.78 is 1.16. The van der Waals surface area contributed by atoms with Gasteiger partial charge < -0.3 is 9.80 Å². The molecule has 1 fully saturated rings. The number of halogens is 1. The van der Waals surface area contributed by atoms with Crippen molar-refractivity contribution in [1.29, 1.82) is 0 Å². The van der Waals surface area contributed by atoms with Crippen LogP contribution in [0.3, 0.4) is 0 Å². The number of nitrogens with zero attached hydrogens (tertiary/aromatic N) is 2. The van der Waals surface area contributed by atoms with Gasteiger partial charge in [0.1, 0.15) is 0 Å². The van der Waals surface area contributed by atoms with Crippen LogP contribution in [0.1, 0.15) is 15.9 Å². The first kappa shape index (κ1) is 14.8. The van der Waals surface area contributed by atoms with Crippen LogP contribution in [0.15, 0.2) is 35.7 Å². The van der Waals surface area contributed by atoms with Gasteiger partial charge in [-0.2, -0.15) is 0 Å². The Labute approximate surface area is 142 Å². The molecule has 3 nitrogen and oxygen atoms in total. The maximum atomic E-state index is 12.4. The van der Waals surface area contributed by atoms with Gasteiger partial charge in [-0.3, -0.25) is 4.79 Å². The van der Waals surface area contributed by atoms with E-state index >= 15 is 0 Å². The number of benzene rings is 1. The number of carbonyl (C=O) groups is 1. The minimum absolute atomic E-state index is 0.165. The van der Waals surface area contributed by atoms with E-state index in [0.717, 1.165) is 34.6 Å². The molecule has 0 unspecified atom stereocenters. The van der Waals surface area contributed by atoms with Crippen LogP contribution >= 0.6 is 33.9 Å². The zero-order valence-electron chi connectivity index (χ0n) is 11.9. The van der Waals surface area contributed by atoms with E-state index < -0.39 is 0 Å². The first-order valence-electron chi connectivity index (χ1n) is 6.99. The monoisotopic (exact) mass is 412 g/mol. The molecule has 1 amide bonds. The van der Waals surface area contributed by atoms with E-state index in [2.05, 4.69) is 58.7 Å². The molecule has 0 spiro atoms. The topological polar surface area (TPSA) is 23.6 Å². The number of anilines is 1. The lowest BCUT2D eigenvalue weighted by Gasteiger charge is -2.36. The Kier molecular flexibility index (Phi) is 4.49. The maximum Gasteiger partial charge on any atom is 0.254 e. The number of para-hydroxylation sites is 1. The number of amides is 1. The van der Waals surface area contributed by atoms with Gasteiger partial charge >= 0.3 is 0 Å². The van der Waals surface area contributed by atoms with Crippen molar-refractivity contribution in [3.63, 3.8) is 0 Å². The van der Waals surface area contributed by atoms with Crippen molar-refractivity contribution in [1.82, 2.24) is 4.90 Å². The quantitative estimate of drug-likeness (QED) is 0.704.